The Hall–Kier alpha value is -1.71. The van der Waals surface area contributed by atoms with Crippen molar-refractivity contribution in [1.82, 2.24) is 0 Å². The summed E-state index contributed by atoms with van der Waals surface area (Å²) in [7, 11) is -2.47. The molecule has 178 valence electrons. The van der Waals surface area contributed by atoms with Crippen molar-refractivity contribution in [1.29, 1.82) is 0 Å². The van der Waals surface area contributed by atoms with Crippen molar-refractivity contribution < 1.29 is 9.22 Å². The molecular weight excluding hydrogens is 420 g/mol. The quantitative estimate of drug-likeness (QED) is 0.447. The van der Waals surface area contributed by atoms with E-state index in [4.69, 9.17) is 4.43 Å². The van der Waals surface area contributed by atoms with Crippen LogP contribution in [0.5, 0.6) is 0 Å². The monoisotopic (exact) mass is 462 g/mol. The normalized spacial score (nSPS) is 26.8. The van der Waals surface area contributed by atoms with E-state index >= 15 is 0 Å². The summed E-state index contributed by atoms with van der Waals surface area (Å²) in [4.78, 5) is 12.6. The zero-order valence-electron chi connectivity index (χ0n) is 21.3. The largest absolute Gasteiger partial charge is 0.407 e. The van der Waals surface area contributed by atoms with Gasteiger partial charge >= 0.3 is 0 Å². The summed E-state index contributed by atoms with van der Waals surface area (Å²) in [6.07, 6.45) is 6.46. The summed E-state index contributed by atoms with van der Waals surface area (Å²) in [6.45, 7) is 12.6. The van der Waals surface area contributed by atoms with Crippen LogP contribution < -0.4 is 10.4 Å². The Kier molecular flexibility index (Phi) is 7.03. The van der Waals surface area contributed by atoms with Crippen LogP contribution in [0.25, 0.3) is 0 Å². The van der Waals surface area contributed by atoms with Gasteiger partial charge in [0.15, 0.2) is 0 Å². The molecule has 2 aromatic rings. The summed E-state index contributed by atoms with van der Waals surface area (Å²) in [5, 5.41) is 2.71. The fraction of sp³-hybridized carbons (Fsp3) is 0.567. The minimum absolute atomic E-state index is 0.0131. The lowest BCUT2D eigenvalue weighted by molar-refractivity contribution is -0.130. The highest BCUT2D eigenvalue weighted by Gasteiger charge is 2.53. The van der Waals surface area contributed by atoms with Crippen molar-refractivity contribution in [2.24, 2.45) is 23.2 Å². The van der Waals surface area contributed by atoms with E-state index in [1.54, 1.807) is 0 Å². The highest BCUT2D eigenvalue weighted by molar-refractivity contribution is 6.99. The van der Waals surface area contributed by atoms with Gasteiger partial charge in [0.25, 0.3) is 8.32 Å². The first-order chi connectivity index (χ1) is 15.7. The van der Waals surface area contributed by atoms with Gasteiger partial charge in [-0.05, 0) is 64.8 Å². The van der Waals surface area contributed by atoms with Gasteiger partial charge in [-0.1, -0.05) is 95.3 Å². The van der Waals surface area contributed by atoms with Gasteiger partial charge in [0, 0.05) is 18.9 Å². The summed E-state index contributed by atoms with van der Waals surface area (Å²) in [6, 6.07) is 21.9. The van der Waals surface area contributed by atoms with Crippen molar-refractivity contribution in [3.63, 3.8) is 0 Å². The van der Waals surface area contributed by atoms with E-state index in [0.717, 1.165) is 32.3 Å². The summed E-state index contributed by atoms with van der Waals surface area (Å²) in [5.74, 6) is 2.04. The molecule has 4 atom stereocenters. The molecular formula is C30H42O2Si. The summed E-state index contributed by atoms with van der Waals surface area (Å²) >= 11 is 0. The molecule has 2 nitrogen and oxygen atoms in total. The molecule has 0 N–H and O–H groups in total. The molecule has 0 amide bonds. The second kappa shape index (κ2) is 9.50. The molecule has 2 fully saturated rings. The van der Waals surface area contributed by atoms with Gasteiger partial charge in [0.1, 0.15) is 5.78 Å². The first-order valence-electron chi connectivity index (χ1n) is 13.0. The van der Waals surface area contributed by atoms with Crippen molar-refractivity contribution in [3.05, 3.63) is 60.7 Å². The number of carbonyl (C=O) groups excluding carboxylic acids is 1. The second-order valence-electron chi connectivity index (χ2n) is 11.8. The van der Waals surface area contributed by atoms with Gasteiger partial charge in [0.2, 0.25) is 0 Å². The highest BCUT2D eigenvalue weighted by Crippen LogP contribution is 2.57. The van der Waals surface area contributed by atoms with E-state index in [1.165, 1.54) is 23.2 Å². The maximum absolute atomic E-state index is 12.6. The van der Waals surface area contributed by atoms with Gasteiger partial charge in [-0.2, -0.15) is 0 Å². The van der Waals surface area contributed by atoms with E-state index in [1.807, 2.05) is 0 Å². The number of hydrogen-bond donors (Lipinski definition) is 0. The maximum Gasteiger partial charge on any atom is 0.261 e. The fourth-order valence-electron chi connectivity index (χ4n) is 7.27. The molecule has 4 rings (SSSR count). The van der Waals surface area contributed by atoms with E-state index in [9.17, 15) is 4.79 Å². The number of fused-ring (bicyclic) bond motifs is 1. The Bertz CT molecular complexity index is 893. The highest BCUT2D eigenvalue weighted by atomic mass is 28.4. The molecule has 0 aliphatic heterocycles. The number of rotatable bonds is 7. The van der Waals surface area contributed by atoms with Crippen LogP contribution in [0.4, 0.5) is 0 Å². The molecule has 3 heteroatoms. The molecule has 0 unspecified atom stereocenters. The molecule has 0 radical (unpaired) electrons. The predicted octanol–water partition coefficient (Wildman–Crippen LogP) is 6.37. The third-order valence-corrected chi connectivity index (χ3v) is 14.0. The second-order valence-corrected chi connectivity index (χ2v) is 16.1. The number of hydrogen-bond acceptors (Lipinski definition) is 2. The van der Waals surface area contributed by atoms with Gasteiger partial charge in [-0.3, -0.25) is 4.79 Å². The van der Waals surface area contributed by atoms with Gasteiger partial charge in [-0.15, -0.1) is 0 Å². The first kappa shape index (κ1) is 24.4. The standard InChI is InChI=1S/C30H42O2Si/c1-23(26-18-19-27-28(31)17-12-21-30(26,27)5)20-22-32-33(29(2,3)4,24-13-8-6-9-14-24)25-15-10-7-11-16-25/h6-11,13-16,23,26-27H,12,17-22H2,1-5H3/t23-,26-,27-,30-/m1/s1. The lowest BCUT2D eigenvalue weighted by Gasteiger charge is -2.44. The number of Topliss-reactive ketones (excluding diaryl/α,β-unsaturated/α-hetero) is 1. The fourth-order valence-corrected chi connectivity index (χ4v) is 11.8. The average molecular weight is 463 g/mol. The van der Waals surface area contributed by atoms with Crippen LogP contribution in [0.2, 0.25) is 5.04 Å². The molecule has 0 bridgehead atoms. The molecule has 2 saturated carbocycles. The van der Waals surface area contributed by atoms with Crippen LogP contribution >= 0.6 is 0 Å². The van der Waals surface area contributed by atoms with Crippen LogP contribution in [0.3, 0.4) is 0 Å². The van der Waals surface area contributed by atoms with E-state index < -0.39 is 8.32 Å². The molecule has 2 aliphatic carbocycles. The smallest absolute Gasteiger partial charge is 0.261 e. The lowest BCUT2D eigenvalue weighted by Crippen LogP contribution is -2.66. The molecule has 0 saturated heterocycles. The van der Waals surface area contributed by atoms with E-state index in [2.05, 4.69) is 95.3 Å². The Labute approximate surface area is 202 Å². The molecule has 0 heterocycles. The van der Waals surface area contributed by atoms with E-state index in [0.29, 0.717) is 23.5 Å². The van der Waals surface area contributed by atoms with Crippen molar-refractivity contribution in [2.75, 3.05) is 6.61 Å². The molecule has 2 aliphatic rings. The van der Waals surface area contributed by atoms with Gasteiger partial charge in [0.05, 0.1) is 0 Å². The minimum atomic E-state index is -2.47. The van der Waals surface area contributed by atoms with Gasteiger partial charge in [-0.25, -0.2) is 0 Å². The van der Waals surface area contributed by atoms with Crippen LogP contribution in [-0.4, -0.2) is 20.7 Å². The molecule has 2 aromatic carbocycles. The SMILES string of the molecule is C[C@H](CCO[Si](c1ccccc1)(c1ccccc1)C(C)(C)C)[C@H]1CC[C@@H]2C(=O)CCC[C@@]21C. The topological polar surface area (TPSA) is 26.3 Å². The van der Waals surface area contributed by atoms with E-state index in [-0.39, 0.29) is 10.5 Å². The lowest BCUT2D eigenvalue weighted by atomic mass is 9.62. The first-order valence-corrected chi connectivity index (χ1v) is 14.9. The predicted molar refractivity (Wildman–Crippen MR) is 141 cm³/mol. The Morgan fingerprint density at radius 3 is 2.12 bits per heavy atom. The average Bonchev–Trinajstić information content (AvgIpc) is 3.15. The Morgan fingerprint density at radius 2 is 1.58 bits per heavy atom. The molecule has 0 spiro atoms. The third kappa shape index (κ3) is 4.39. The summed E-state index contributed by atoms with van der Waals surface area (Å²) < 4.78 is 7.16. The zero-order valence-corrected chi connectivity index (χ0v) is 22.3. The van der Waals surface area contributed by atoms with Crippen molar-refractivity contribution in [3.8, 4) is 0 Å². The van der Waals surface area contributed by atoms with Gasteiger partial charge < -0.3 is 4.43 Å². The van der Waals surface area contributed by atoms with Crippen molar-refractivity contribution >= 4 is 24.5 Å². The Balaban J connectivity index is 1.57. The summed E-state index contributed by atoms with van der Waals surface area (Å²) in [5.41, 5.74) is 0.201. The Morgan fingerprint density at radius 1 is 1.00 bits per heavy atom. The van der Waals surface area contributed by atoms with Crippen LogP contribution in [0, 0.1) is 23.2 Å². The maximum atomic E-state index is 12.6. The van der Waals surface area contributed by atoms with Crippen LogP contribution in [0.15, 0.2) is 60.7 Å². The molecule has 0 aromatic heterocycles. The minimum Gasteiger partial charge on any atom is -0.407 e. The number of ketones is 1. The van der Waals surface area contributed by atoms with Crippen LogP contribution in [-0.2, 0) is 9.22 Å². The molecule has 33 heavy (non-hydrogen) atoms. The third-order valence-electron chi connectivity index (χ3n) is 8.93. The van der Waals surface area contributed by atoms with Crippen molar-refractivity contribution in [2.45, 2.75) is 78.2 Å². The number of carbonyl (C=O) groups is 1. The zero-order chi connectivity index (χ0) is 23.7. The number of benzene rings is 2. The van der Waals surface area contributed by atoms with Crippen LogP contribution in [0.1, 0.15) is 73.1 Å².